The number of methoxy groups -OCH3 is 1. The molecule has 0 aliphatic carbocycles. The van der Waals surface area contributed by atoms with E-state index in [0.29, 0.717) is 24.0 Å². The first-order valence-corrected chi connectivity index (χ1v) is 8.93. The number of rotatable bonds is 9. The normalized spacial score (nSPS) is 12.0. The lowest BCUT2D eigenvalue weighted by Gasteiger charge is -2.15. The summed E-state index contributed by atoms with van der Waals surface area (Å²) < 4.78 is 13.5. The number of fused-ring (bicyclic) bond motifs is 1. The fraction of sp³-hybridized carbons (Fsp3) is 0.316. The average molecular weight is 401 g/mol. The quantitative estimate of drug-likeness (QED) is 0.445. The third-order valence-corrected chi connectivity index (χ3v) is 4.31. The van der Waals surface area contributed by atoms with E-state index < -0.39 is 17.4 Å². The molecular weight excluding hydrogens is 378 g/mol. The molecule has 0 fully saturated rings. The highest BCUT2D eigenvalue weighted by Crippen LogP contribution is 2.19. The molecule has 1 aromatic carbocycles. The van der Waals surface area contributed by atoms with Crippen molar-refractivity contribution < 1.29 is 14.6 Å². The number of aromatic amines is 1. The van der Waals surface area contributed by atoms with Crippen molar-refractivity contribution in [3.63, 3.8) is 0 Å². The molecule has 0 aliphatic heterocycles. The Hall–Kier alpha value is -3.53. The zero-order valence-corrected chi connectivity index (χ0v) is 16.2. The van der Waals surface area contributed by atoms with E-state index in [9.17, 15) is 14.7 Å². The van der Waals surface area contributed by atoms with Gasteiger partial charge >= 0.3 is 5.69 Å². The number of ether oxygens (including phenoxy) is 2. The van der Waals surface area contributed by atoms with Crippen LogP contribution in [-0.4, -0.2) is 50.6 Å². The average Bonchev–Trinajstić information content (AvgIpc) is 3.08. The minimum Gasteiger partial charge on any atom is -0.497 e. The summed E-state index contributed by atoms with van der Waals surface area (Å²) in [7, 11) is 3.09. The van der Waals surface area contributed by atoms with Gasteiger partial charge in [-0.3, -0.25) is 14.3 Å². The lowest BCUT2D eigenvalue weighted by atomic mass is 10.3. The van der Waals surface area contributed by atoms with Gasteiger partial charge in [0.05, 0.1) is 13.7 Å². The van der Waals surface area contributed by atoms with Gasteiger partial charge in [-0.1, -0.05) is 6.08 Å². The molecular formula is C19H23N5O5. The number of anilines is 1. The number of aromatic nitrogens is 4. The molecule has 29 heavy (non-hydrogen) atoms. The van der Waals surface area contributed by atoms with Gasteiger partial charge in [0, 0.05) is 13.6 Å². The monoisotopic (exact) mass is 401 g/mol. The van der Waals surface area contributed by atoms with E-state index >= 15 is 0 Å². The van der Waals surface area contributed by atoms with Crippen LogP contribution in [0.3, 0.4) is 0 Å². The first kappa shape index (κ1) is 20.2. The van der Waals surface area contributed by atoms with Gasteiger partial charge in [-0.05, 0) is 24.3 Å². The molecule has 10 heteroatoms. The molecule has 2 aromatic heterocycles. The molecule has 0 aliphatic rings. The highest BCUT2D eigenvalue weighted by atomic mass is 16.5. The van der Waals surface area contributed by atoms with Crippen LogP contribution < -0.4 is 26.0 Å². The molecule has 0 radical (unpaired) electrons. The fourth-order valence-electron chi connectivity index (χ4n) is 2.84. The van der Waals surface area contributed by atoms with Crippen LogP contribution in [0, 0.1) is 0 Å². The smallest absolute Gasteiger partial charge is 0.329 e. The Morgan fingerprint density at radius 1 is 1.31 bits per heavy atom. The molecule has 10 nitrogen and oxygen atoms in total. The van der Waals surface area contributed by atoms with Crippen LogP contribution in [-0.2, 0) is 13.6 Å². The summed E-state index contributed by atoms with van der Waals surface area (Å²) in [5.41, 5.74) is -0.743. The molecule has 0 spiro atoms. The molecule has 154 valence electrons. The van der Waals surface area contributed by atoms with Gasteiger partial charge in [0.2, 0.25) is 5.95 Å². The van der Waals surface area contributed by atoms with Crippen molar-refractivity contribution >= 4 is 17.1 Å². The molecule has 0 saturated heterocycles. The van der Waals surface area contributed by atoms with Crippen LogP contribution >= 0.6 is 0 Å². The summed E-state index contributed by atoms with van der Waals surface area (Å²) in [6, 6.07) is 6.97. The van der Waals surface area contributed by atoms with E-state index in [-0.39, 0.29) is 24.3 Å². The van der Waals surface area contributed by atoms with Gasteiger partial charge in [-0.25, -0.2) is 4.79 Å². The van der Waals surface area contributed by atoms with Crippen molar-refractivity contribution in [1.82, 2.24) is 19.1 Å². The maximum atomic E-state index is 12.4. The SMILES string of the molecule is C=CCNc1nc2c(c(=O)[nH]c(=O)n2C)n1C[C@@H](O)COc1ccc(OC)cc1. The lowest BCUT2D eigenvalue weighted by molar-refractivity contribution is 0.0938. The van der Waals surface area contributed by atoms with Crippen molar-refractivity contribution in [3.8, 4) is 11.5 Å². The van der Waals surface area contributed by atoms with Gasteiger partial charge < -0.3 is 24.5 Å². The van der Waals surface area contributed by atoms with E-state index in [0.717, 1.165) is 0 Å². The molecule has 3 aromatic rings. The number of hydrogen-bond acceptors (Lipinski definition) is 7. The van der Waals surface area contributed by atoms with E-state index in [1.54, 1.807) is 37.5 Å². The summed E-state index contributed by atoms with van der Waals surface area (Å²) in [6.07, 6.45) is 0.700. The highest BCUT2D eigenvalue weighted by molar-refractivity contribution is 5.74. The van der Waals surface area contributed by atoms with E-state index in [2.05, 4.69) is 21.9 Å². The van der Waals surface area contributed by atoms with Gasteiger partial charge in [-0.2, -0.15) is 4.98 Å². The van der Waals surface area contributed by atoms with Crippen LogP contribution in [0.25, 0.3) is 11.2 Å². The number of imidazole rings is 1. The number of nitrogens with one attached hydrogen (secondary N) is 2. The number of aliphatic hydroxyl groups is 1. The van der Waals surface area contributed by atoms with Gasteiger partial charge in [0.25, 0.3) is 5.56 Å². The fourth-order valence-corrected chi connectivity index (χ4v) is 2.84. The van der Waals surface area contributed by atoms with Crippen LogP contribution in [0.1, 0.15) is 0 Å². The van der Waals surface area contributed by atoms with E-state index in [1.165, 1.54) is 16.2 Å². The molecule has 3 rings (SSSR count). The van der Waals surface area contributed by atoms with E-state index in [4.69, 9.17) is 9.47 Å². The number of aliphatic hydroxyl groups excluding tert-OH is 1. The minimum atomic E-state index is -0.935. The first-order chi connectivity index (χ1) is 13.9. The maximum Gasteiger partial charge on any atom is 0.329 e. The lowest BCUT2D eigenvalue weighted by Crippen LogP contribution is -2.31. The Morgan fingerprint density at radius 2 is 2.00 bits per heavy atom. The van der Waals surface area contributed by atoms with Crippen LogP contribution in [0.4, 0.5) is 5.95 Å². The Morgan fingerprint density at radius 3 is 2.66 bits per heavy atom. The summed E-state index contributed by atoms with van der Waals surface area (Å²) in [5, 5.41) is 13.5. The highest BCUT2D eigenvalue weighted by Gasteiger charge is 2.19. The summed E-state index contributed by atoms with van der Waals surface area (Å²) in [4.78, 5) is 30.8. The zero-order chi connectivity index (χ0) is 21.0. The topological polar surface area (TPSA) is 123 Å². The van der Waals surface area contributed by atoms with Crippen LogP contribution in [0.2, 0.25) is 0 Å². The Balaban J connectivity index is 1.84. The second kappa shape index (κ2) is 8.65. The Kier molecular flexibility index (Phi) is 6.03. The van der Waals surface area contributed by atoms with Crippen molar-refractivity contribution in [2.75, 3.05) is 25.6 Å². The molecule has 0 amide bonds. The second-order valence-corrected chi connectivity index (χ2v) is 6.35. The summed E-state index contributed by atoms with van der Waals surface area (Å²) in [6.45, 7) is 4.07. The van der Waals surface area contributed by atoms with Gasteiger partial charge in [0.15, 0.2) is 11.2 Å². The third kappa shape index (κ3) is 4.32. The van der Waals surface area contributed by atoms with Gasteiger partial charge in [-0.15, -0.1) is 6.58 Å². The summed E-state index contributed by atoms with van der Waals surface area (Å²) in [5.74, 6) is 1.62. The molecule has 3 N–H and O–H groups in total. The second-order valence-electron chi connectivity index (χ2n) is 6.35. The molecule has 2 heterocycles. The van der Waals surface area contributed by atoms with Crippen molar-refractivity contribution in [2.24, 2.45) is 7.05 Å². The van der Waals surface area contributed by atoms with Crippen molar-refractivity contribution in [2.45, 2.75) is 12.6 Å². The largest absolute Gasteiger partial charge is 0.497 e. The first-order valence-electron chi connectivity index (χ1n) is 8.93. The van der Waals surface area contributed by atoms with Crippen LogP contribution in [0.5, 0.6) is 11.5 Å². The molecule has 0 unspecified atom stereocenters. The van der Waals surface area contributed by atoms with E-state index in [1.807, 2.05) is 0 Å². The number of hydrogen-bond donors (Lipinski definition) is 3. The minimum absolute atomic E-state index is 0.00340. The maximum absolute atomic E-state index is 12.4. The number of benzene rings is 1. The van der Waals surface area contributed by atoms with Crippen LogP contribution in [0.15, 0.2) is 46.5 Å². The molecule has 0 saturated carbocycles. The predicted molar refractivity (Wildman–Crippen MR) is 109 cm³/mol. The number of aryl methyl sites for hydroxylation is 1. The predicted octanol–water partition coefficient (Wildman–Crippen LogP) is 0.470. The number of H-pyrrole nitrogens is 1. The molecule has 1 atom stereocenters. The standard InChI is InChI=1S/C19H23N5O5/c1-4-9-20-18-21-16-15(17(26)22-19(27)23(16)2)24(18)10-12(25)11-29-14-7-5-13(28-3)6-8-14/h4-8,12,25H,1,9-11H2,2-3H3,(H,20,21)(H,22,26,27)/t12-/m1/s1. The van der Waals surface area contributed by atoms with Gasteiger partial charge in [0.1, 0.15) is 24.2 Å². The summed E-state index contributed by atoms with van der Waals surface area (Å²) >= 11 is 0. The Labute approximate surface area is 166 Å². The van der Waals surface area contributed by atoms with Crippen molar-refractivity contribution in [1.29, 1.82) is 0 Å². The number of nitrogens with zero attached hydrogens (tertiary/aromatic N) is 3. The third-order valence-electron chi connectivity index (χ3n) is 4.31. The van der Waals surface area contributed by atoms with Crippen molar-refractivity contribution in [3.05, 3.63) is 57.8 Å². The zero-order valence-electron chi connectivity index (χ0n) is 16.2. The molecule has 0 bridgehead atoms. The Bertz CT molecular complexity index is 1110.